The number of nitrogens with zero attached hydrogens (tertiary/aromatic N) is 4. The van der Waals surface area contributed by atoms with Gasteiger partial charge in [0.1, 0.15) is 5.82 Å². The molecule has 0 fully saturated rings. The number of anilines is 1. The quantitative estimate of drug-likeness (QED) is 0.757. The third-order valence-electron chi connectivity index (χ3n) is 5.11. The molecule has 0 spiro atoms. The SMILES string of the molecule is CCN1C(=O)c2c(C)nc(N)nc2C[C@@H]1c1ccc(F)cc1-c1cccnc1. The van der Waals surface area contributed by atoms with Crippen LogP contribution >= 0.6 is 0 Å². The van der Waals surface area contributed by atoms with Crippen LogP contribution in [0.25, 0.3) is 11.1 Å². The molecule has 3 aromatic rings. The smallest absolute Gasteiger partial charge is 0.258 e. The van der Waals surface area contributed by atoms with Gasteiger partial charge in [0.25, 0.3) is 5.91 Å². The van der Waals surface area contributed by atoms with E-state index in [2.05, 4.69) is 15.0 Å². The molecule has 0 aliphatic carbocycles. The van der Waals surface area contributed by atoms with Crippen LogP contribution in [0.5, 0.6) is 0 Å². The van der Waals surface area contributed by atoms with Gasteiger partial charge in [0.2, 0.25) is 5.95 Å². The van der Waals surface area contributed by atoms with Crippen LogP contribution in [0.2, 0.25) is 0 Å². The van der Waals surface area contributed by atoms with Gasteiger partial charge in [-0.2, -0.15) is 0 Å². The van der Waals surface area contributed by atoms with E-state index in [0.717, 1.165) is 11.1 Å². The van der Waals surface area contributed by atoms with E-state index in [1.807, 2.05) is 13.0 Å². The monoisotopic (exact) mass is 377 g/mol. The molecule has 3 heterocycles. The zero-order chi connectivity index (χ0) is 19.8. The number of nitrogens with two attached hydrogens (primary N) is 1. The van der Waals surface area contributed by atoms with Crippen molar-refractivity contribution in [1.29, 1.82) is 0 Å². The zero-order valence-corrected chi connectivity index (χ0v) is 15.7. The van der Waals surface area contributed by atoms with E-state index in [4.69, 9.17) is 5.73 Å². The highest BCUT2D eigenvalue weighted by molar-refractivity contribution is 5.98. The summed E-state index contributed by atoms with van der Waals surface area (Å²) in [5, 5.41) is 0. The molecule has 142 valence electrons. The third kappa shape index (κ3) is 2.98. The number of fused-ring (bicyclic) bond motifs is 1. The minimum atomic E-state index is -0.337. The summed E-state index contributed by atoms with van der Waals surface area (Å²) in [6, 6.07) is 8.04. The number of amides is 1. The van der Waals surface area contributed by atoms with Crippen LogP contribution in [0.3, 0.4) is 0 Å². The summed E-state index contributed by atoms with van der Waals surface area (Å²) in [5.41, 5.74) is 9.90. The second kappa shape index (κ2) is 6.99. The Morgan fingerprint density at radius 2 is 2.11 bits per heavy atom. The van der Waals surface area contributed by atoms with Crippen LogP contribution in [0, 0.1) is 12.7 Å². The Kier molecular flexibility index (Phi) is 4.50. The van der Waals surface area contributed by atoms with Crippen LogP contribution in [0.1, 0.15) is 40.3 Å². The number of likely N-dealkylation sites (N-methyl/N-ethyl adjacent to an activating group) is 1. The minimum absolute atomic E-state index is 0.132. The molecule has 1 aliphatic rings. The van der Waals surface area contributed by atoms with Crippen molar-refractivity contribution in [3.8, 4) is 11.1 Å². The summed E-state index contributed by atoms with van der Waals surface area (Å²) in [4.78, 5) is 27.6. The Morgan fingerprint density at radius 1 is 1.29 bits per heavy atom. The number of carbonyl (C=O) groups is 1. The molecule has 0 saturated carbocycles. The van der Waals surface area contributed by atoms with Gasteiger partial charge < -0.3 is 10.6 Å². The first-order chi connectivity index (χ1) is 13.5. The first-order valence-electron chi connectivity index (χ1n) is 9.13. The summed E-state index contributed by atoms with van der Waals surface area (Å²) in [7, 11) is 0. The lowest BCUT2D eigenvalue weighted by atomic mass is 9.87. The van der Waals surface area contributed by atoms with E-state index < -0.39 is 0 Å². The molecule has 1 atom stereocenters. The second-order valence-corrected chi connectivity index (χ2v) is 6.77. The molecule has 0 bridgehead atoms. The number of pyridine rings is 1. The van der Waals surface area contributed by atoms with Crippen LogP contribution in [-0.4, -0.2) is 32.3 Å². The van der Waals surface area contributed by atoms with Gasteiger partial charge in [0, 0.05) is 30.9 Å². The standard InChI is InChI=1S/C21H20FN5O/c1-3-27-18(10-17-19(20(27)28)12(2)25-21(23)26-17)15-7-6-14(22)9-16(15)13-5-4-8-24-11-13/h4-9,11,18H,3,10H2,1-2H3,(H2,23,25,26)/t18-/m1/s1. The normalized spacial score (nSPS) is 16.2. The number of carbonyl (C=O) groups excluding carboxylic acids is 1. The van der Waals surface area contributed by atoms with Crippen molar-refractivity contribution < 1.29 is 9.18 Å². The summed E-state index contributed by atoms with van der Waals surface area (Å²) >= 11 is 0. The number of aryl methyl sites for hydroxylation is 1. The average Bonchev–Trinajstić information content (AvgIpc) is 2.68. The number of rotatable bonds is 3. The molecule has 2 N–H and O–H groups in total. The van der Waals surface area contributed by atoms with Gasteiger partial charge in [0.05, 0.1) is 23.0 Å². The van der Waals surface area contributed by atoms with E-state index in [1.165, 1.54) is 12.1 Å². The van der Waals surface area contributed by atoms with Gasteiger partial charge in [-0.15, -0.1) is 0 Å². The fourth-order valence-corrected chi connectivity index (χ4v) is 3.89. The molecule has 4 rings (SSSR count). The first kappa shape index (κ1) is 18.0. The molecule has 2 aromatic heterocycles. The van der Waals surface area contributed by atoms with Crippen molar-refractivity contribution >= 4 is 11.9 Å². The van der Waals surface area contributed by atoms with E-state index in [-0.39, 0.29) is 23.7 Å². The lowest BCUT2D eigenvalue weighted by molar-refractivity contribution is 0.0656. The number of hydrogen-bond donors (Lipinski definition) is 1. The topological polar surface area (TPSA) is 85.0 Å². The van der Waals surface area contributed by atoms with Crippen LogP contribution in [-0.2, 0) is 6.42 Å². The number of halogens is 1. The van der Waals surface area contributed by atoms with Crippen molar-refractivity contribution in [3.63, 3.8) is 0 Å². The highest BCUT2D eigenvalue weighted by Crippen LogP contribution is 2.38. The zero-order valence-electron chi connectivity index (χ0n) is 15.7. The van der Waals surface area contributed by atoms with E-state index in [0.29, 0.717) is 35.5 Å². The van der Waals surface area contributed by atoms with Crippen molar-refractivity contribution in [3.05, 3.63) is 71.1 Å². The van der Waals surface area contributed by atoms with Crippen molar-refractivity contribution in [1.82, 2.24) is 19.9 Å². The van der Waals surface area contributed by atoms with Gasteiger partial charge >= 0.3 is 0 Å². The van der Waals surface area contributed by atoms with E-state index in [1.54, 1.807) is 36.4 Å². The number of benzene rings is 1. The Hall–Kier alpha value is -3.35. The molecule has 6 nitrogen and oxygen atoms in total. The Morgan fingerprint density at radius 3 is 2.82 bits per heavy atom. The summed E-state index contributed by atoms with van der Waals surface area (Å²) in [5.74, 6) is -0.317. The molecule has 0 unspecified atom stereocenters. The van der Waals surface area contributed by atoms with Gasteiger partial charge in [-0.3, -0.25) is 9.78 Å². The molecule has 1 aliphatic heterocycles. The number of nitrogen functional groups attached to an aromatic ring is 1. The maximum atomic E-state index is 14.1. The van der Waals surface area contributed by atoms with Gasteiger partial charge in [0.15, 0.2) is 0 Å². The fourth-order valence-electron chi connectivity index (χ4n) is 3.89. The summed E-state index contributed by atoms with van der Waals surface area (Å²) < 4.78 is 14.1. The van der Waals surface area contributed by atoms with Gasteiger partial charge in [-0.05, 0) is 43.2 Å². The second-order valence-electron chi connectivity index (χ2n) is 6.77. The summed E-state index contributed by atoms with van der Waals surface area (Å²) in [6.45, 7) is 4.20. The molecular formula is C21H20FN5O. The predicted octanol–water partition coefficient (Wildman–Crippen LogP) is 3.33. The fraction of sp³-hybridized carbons (Fsp3) is 0.238. The van der Waals surface area contributed by atoms with Crippen LogP contribution in [0.4, 0.5) is 10.3 Å². The third-order valence-corrected chi connectivity index (χ3v) is 5.11. The first-order valence-corrected chi connectivity index (χ1v) is 9.13. The van der Waals surface area contributed by atoms with Crippen molar-refractivity contribution in [2.75, 3.05) is 12.3 Å². The molecule has 28 heavy (non-hydrogen) atoms. The Bertz CT molecular complexity index is 1050. The molecule has 0 saturated heterocycles. The van der Waals surface area contributed by atoms with Crippen molar-refractivity contribution in [2.24, 2.45) is 0 Å². The molecule has 0 radical (unpaired) electrons. The summed E-state index contributed by atoms with van der Waals surface area (Å²) in [6.07, 6.45) is 3.85. The van der Waals surface area contributed by atoms with Gasteiger partial charge in [-0.1, -0.05) is 12.1 Å². The van der Waals surface area contributed by atoms with E-state index >= 15 is 0 Å². The maximum Gasteiger partial charge on any atom is 0.258 e. The van der Waals surface area contributed by atoms with Crippen LogP contribution in [0.15, 0.2) is 42.7 Å². The number of hydrogen-bond acceptors (Lipinski definition) is 5. The predicted molar refractivity (Wildman–Crippen MR) is 104 cm³/mol. The average molecular weight is 377 g/mol. The molecule has 7 heteroatoms. The molecule has 1 amide bonds. The van der Waals surface area contributed by atoms with E-state index in [9.17, 15) is 9.18 Å². The lowest BCUT2D eigenvalue weighted by Gasteiger charge is -2.37. The Balaban J connectivity index is 1.88. The highest BCUT2D eigenvalue weighted by Gasteiger charge is 2.36. The number of aromatic nitrogens is 3. The Labute approximate surface area is 162 Å². The highest BCUT2D eigenvalue weighted by atomic mass is 19.1. The maximum absolute atomic E-state index is 14.1. The molecule has 1 aromatic carbocycles. The minimum Gasteiger partial charge on any atom is -0.368 e. The largest absolute Gasteiger partial charge is 0.368 e. The molecular weight excluding hydrogens is 357 g/mol. The van der Waals surface area contributed by atoms with Crippen LogP contribution < -0.4 is 5.73 Å². The van der Waals surface area contributed by atoms with Crippen molar-refractivity contribution in [2.45, 2.75) is 26.3 Å². The van der Waals surface area contributed by atoms with Gasteiger partial charge in [-0.25, -0.2) is 14.4 Å². The lowest BCUT2D eigenvalue weighted by Crippen LogP contribution is -2.41.